The van der Waals surface area contributed by atoms with Gasteiger partial charge in [0.15, 0.2) is 0 Å². The molecule has 0 fully saturated rings. The number of aryl methyl sites for hydroxylation is 2. The van der Waals surface area contributed by atoms with E-state index in [2.05, 4.69) is 21.0 Å². The van der Waals surface area contributed by atoms with Gasteiger partial charge in [0.1, 0.15) is 0 Å². The second-order valence-electron chi connectivity index (χ2n) is 4.05. The Labute approximate surface area is 113 Å². The lowest BCUT2D eigenvalue weighted by Gasteiger charge is -2.04. The van der Waals surface area contributed by atoms with E-state index in [1.807, 2.05) is 37.4 Å². The zero-order chi connectivity index (χ0) is 13.1. The van der Waals surface area contributed by atoms with Crippen LogP contribution in [0.2, 0.25) is 0 Å². The zero-order valence-corrected chi connectivity index (χ0v) is 11.5. The van der Waals surface area contributed by atoms with E-state index >= 15 is 0 Å². The van der Waals surface area contributed by atoms with Gasteiger partial charge in [-0.1, -0.05) is 18.2 Å². The fourth-order valence-corrected chi connectivity index (χ4v) is 2.20. The highest BCUT2D eigenvalue weighted by Gasteiger charge is 2.10. The molecule has 4 nitrogen and oxygen atoms in total. The number of rotatable bonds is 4. The Bertz CT molecular complexity index is 578. The van der Waals surface area contributed by atoms with Gasteiger partial charge < -0.3 is 5.11 Å². The van der Waals surface area contributed by atoms with Gasteiger partial charge in [-0.25, -0.2) is 4.68 Å². The molecule has 0 bridgehead atoms. The molecule has 5 heteroatoms. The Balaban J connectivity index is 2.29. The normalized spacial score (nSPS) is 10.6. The van der Waals surface area contributed by atoms with Crippen molar-refractivity contribution >= 4 is 21.9 Å². The Kier molecular flexibility index (Phi) is 3.81. The smallest absolute Gasteiger partial charge is 0.303 e. The highest BCUT2D eigenvalue weighted by molar-refractivity contribution is 9.10. The summed E-state index contributed by atoms with van der Waals surface area (Å²) < 4.78 is 2.61. The maximum Gasteiger partial charge on any atom is 0.303 e. The van der Waals surface area contributed by atoms with E-state index in [9.17, 15) is 4.79 Å². The molecule has 0 aliphatic heterocycles. The number of aromatic nitrogens is 2. The third-order valence-electron chi connectivity index (χ3n) is 2.68. The summed E-state index contributed by atoms with van der Waals surface area (Å²) in [4.78, 5) is 10.6. The predicted molar refractivity (Wildman–Crippen MR) is 72.0 cm³/mol. The van der Waals surface area contributed by atoms with Crippen molar-refractivity contribution in [2.24, 2.45) is 0 Å². The summed E-state index contributed by atoms with van der Waals surface area (Å²) in [6.45, 7) is 2.02. The van der Waals surface area contributed by atoms with Gasteiger partial charge in [0.25, 0.3) is 0 Å². The maximum atomic E-state index is 10.6. The fraction of sp³-hybridized carbons (Fsp3) is 0.231. The lowest BCUT2D eigenvalue weighted by Crippen LogP contribution is -2.01. The van der Waals surface area contributed by atoms with Gasteiger partial charge in [0, 0.05) is 12.6 Å². The Morgan fingerprint density at radius 1 is 1.44 bits per heavy atom. The minimum atomic E-state index is -0.813. The Morgan fingerprint density at radius 2 is 2.17 bits per heavy atom. The summed E-state index contributed by atoms with van der Waals surface area (Å²) in [7, 11) is 0. The minimum Gasteiger partial charge on any atom is -0.481 e. The SMILES string of the molecule is Cc1ccccc1-n1cc(Br)c(CCC(=O)O)n1. The number of carboxylic acids is 1. The first-order chi connectivity index (χ1) is 8.58. The van der Waals surface area contributed by atoms with Crippen molar-refractivity contribution in [2.75, 3.05) is 0 Å². The summed E-state index contributed by atoms with van der Waals surface area (Å²) in [5.41, 5.74) is 2.89. The monoisotopic (exact) mass is 308 g/mol. The quantitative estimate of drug-likeness (QED) is 0.944. The largest absolute Gasteiger partial charge is 0.481 e. The lowest BCUT2D eigenvalue weighted by atomic mass is 10.2. The zero-order valence-electron chi connectivity index (χ0n) is 9.93. The van der Waals surface area contributed by atoms with Gasteiger partial charge in [0.2, 0.25) is 0 Å². The van der Waals surface area contributed by atoms with Crippen molar-refractivity contribution in [3.05, 3.63) is 46.2 Å². The van der Waals surface area contributed by atoms with Gasteiger partial charge in [-0.3, -0.25) is 4.79 Å². The van der Waals surface area contributed by atoms with Crippen LogP contribution in [0.3, 0.4) is 0 Å². The fourth-order valence-electron chi connectivity index (χ4n) is 1.73. The molecule has 0 atom stereocenters. The molecule has 0 radical (unpaired) electrons. The Morgan fingerprint density at radius 3 is 2.83 bits per heavy atom. The molecule has 0 saturated carbocycles. The molecule has 1 aromatic carbocycles. The number of hydrogen-bond donors (Lipinski definition) is 1. The van der Waals surface area contributed by atoms with Crippen LogP contribution in [-0.2, 0) is 11.2 Å². The molecule has 1 N–H and O–H groups in total. The van der Waals surface area contributed by atoms with E-state index in [0.717, 1.165) is 21.4 Å². The number of para-hydroxylation sites is 1. The number of halogens is 1. The van der Waals surface area contributed by atoms with Gasteiger partial charge in [0.05, 0.1) is 22.3 Å². The van der Waals surface area contributed by atoms with Crippen molar-refractivity contribution in [2.45, 2.75) is 19.8 Å². The first-order valence-corrected chi connectivity index (χ1v) is 6.39. The van der Waals surface area contributed by atoms with Crippen LogP contribution in [0.5, 0.6) is 0 Å². The van der Waals surface area contributed by atoms with Gasteiger partial charge in [-0.05, 0) is 34.5 Å². The number of benzene rings is 1. The van der Waals surface area contributed by atoms with Crippen molar-refractivity contribution in [1.29, 1.82) is 0 Å². The summed E-state index contributed by atoms with van der Waals surface area (Å²) in [6, 6.07) is 7.93. The molecular weight excluding hydrogens is 296 g/mol. The molecule has 0 spiro atoms. The molecule has 0 aliphatic rings. The maximum absolute atomic E-state index is 10.6. The molecule has 2 aromatic rings. The van der Waals surface area contributed by atoms with Gasteiger partial charge in [-0.2, -0.15) is 5.10 Å². The summed E-state index contributed by atoms with van der Waals surface area (Å²) in [5, 5.41) is 13.1. The van der Waals surface area contributed by atoms with Crippen LogP contribution in [0.25, 0.3) is 5.69 Å². The standard InChI is InChI=1S/C13H13BrN2O2/c1-9-4-2-3-5-12(9)16-8-10(14)11(15-16)6-7-13(17)18/h2-5,8H,6-7H2,1H3,(H,17,18). The average Bonchev–Trinajstić information content (AvgIpc) is 2.68. The van der Waals surface area contributed by atoms with Crippen LogP contribution >= 0.6 is 15.9 Å². The van der Waals surface area contributed by atoms with Crippen molar-refractivity contribution in [1.82, 2.24) is 9.78 Å². The van der Waals surface area contributed by atoms with Crippen LogP contribution in [0.15, 0.2) is 34.9 Å². The van der Waals surface area contributed by atoms with Gasteiger partial charge in [-0.15, -0.1) is 0 Å². The molecule has 0 unspecified atom stereocenters. The number of nitrogens with zero attached hydrogens (tertiary/aromatic N) is 2. The number of carboxylic acid groups (broad SMARTS) is 1. The Hall–Kier alpha value is -1.62. The van der Waals surface area contributed by atoms with Crippen LogP contribution in [0, 0.1) is 6.92 Å². The highest BCUT2D eigenvalue weighted by Crippen LogP contribution is 2.20. The van der Waals surface area contributed by atoms with Crippen LogP contribution in [0.4, 0.5) is 0 Å². The van der Waals surface area contributed by atoms with Crippen LogP contribution in [-0.4, -0.2) is 20.9 Å². The molecule has 0 amide bonds. The summed E-state index contributed by atoms with van der Waals surface area (Å²) >= 11 is 3.41. The van der Waals surface area contributed by atoms with Crippen LogP contribution in [0.1, 0.15) is 17.7 Å². The third kappa shape index (κ3) is 2.79. The molecule has 2 rings (SSSR count). The highest BCUT2D eigenvalue weighted by atomic mass is 79.9. The lowest BCUT2D eigenvalue weighted by molar-refractivity contribution is -0.136. The van der Waals surface area contributed by atoms with Crippen molar-refractivity contribution < 1.29 is 9.90 Å². The number of carbonyl (C=O) groups is 1. The second-order valence-corrected chi connectivity index (χ2v) is 4.90. The number of aliphatic carboxylic acids is 1. The third-order valence-corrected chi connectivity index (χ3v) is 3.34. The second kappa shape index (κ2) is 5.35. The molecule has 1 heterocycles. The van der Waals surface area contributed by atoms with Gasteiger partial charge >= 0.3 is 5.97 Å². The van der Waals surface area contributed by atoms with E-state index in [0.29, 0.717) is 6.42 Å². The topological polar surface area (TPSA) is 55.1 Å². The predicted octanol–water partition coefficient (Wildman–Crippen LogP) is 2.96. The molecular formula is C13H13BrN2O2. The van der Waals surface area contributed by atoms with E-state index in [4.69, 9.17) is 5.11 Å². The number of hydrogen-bond acceptors (Lipinski definition) is 2. The van der Waals surface area contributed by atoms with Crippen LogP contribution < -0.4 is 0 Å². The van der Waals surface area contributed by atoms with E-state index in [-0.39, 0.29) is 6.42 Å². The summed E-state index contributed by atoms with van der Waals surface area (Å²) in [5.74, 6) is -0.813. The summed E-state index contributed by atoms with van der Waals surface area (Å²) in [6.07, 6.45) is 2.37. The molecule has 94 valence electrons. The molecule has 0 aliphatic carbocycles. The van der Waals surface area contributed by atoms with Crippen molar-refractivity contribution in [3.8, 4) is 5.69 Å². The van der Waals surface area contributed by atoms with Crippen molar-refractivity contribution in [3.63, 3.8) is 0 Å². The molecule has 1 aromatic heterocycles. The first-order valence-electron chi connectivity index (χ1n) is 5.60. The molecule has 0 saturated heterocycles. The van der Waals surface area contributed by atoms with E-state index in [1.54, 1.807) is 4.68 Å². The first kappa shape index (κ1) is 12.8. The van der Waals surface area contributed by atoms with E-state index < -0.39 is 5.97 Å². The van der Waals surface area contributed by atoms with E-state index in [1.165, 1.54) is 0 Å². The average molecular weight is 309 g/mol. The molecule has 18 heavy (non-hydrogen) atoms. The minimum absolute atomic E-state index is 0.0867.